The first-order chi connectivity index (χ1) is 26.1. The van der Waals surface area contributed by atoms with Crippen molar-refractivity contribution in [2.45, 2.75) is 48.2 Å². The van der Waals surface area contributed by atoms with Gasteiger partial charge in [-0.05, 0) is 91.5 Å². The van der Waals surface area contributed by atoms with Crippen LogP contribution < -0.4 is 10.4 Å². The van der Waals surface area contributed by atoms with Gasteiger partial charge in [-0.15, -0.1) is 0 Å². The quantitative estimate of drug-likeness (QED) is 0.103. The normalized spacial score (nSPS) is 13.8. The first-order valence-electron chi connectivity index (χ1n) is 19.5. The average molecular weight is 725 g/mol. The SMILES string of the molecule is C.CCN(CC)Cc1ccc([Si]2(c3ccc(CN(CC)CC)cc3)C(c3ccccc3)=C(c3ccccc3)C(c3ccccc3)=C2c2ccccc2)cc1. The second-order valence-corrected chi connectivity index (χ2v) is 17.7. The van der Waals surface area contributed by atoms with Gasteiger partial charge in [-0.25, -0.2) is 0 Å². The Hall–Kier alpha value is -5.06. The summed E-state index contributed by atoms with van der Waals surface area (Å²) in [5.41, 5.74) is 10.5. The Labute approximate surface area is 326 Å². The summed E-state index contributed by atoms with van der Waals surface area (Å²) in [6.07, 6.45) is 0. The molecule has 0 aliphatic carbocycles. The number of nitrogens with zero attached hydrogens (tertiary/aromatic N) is 2. The molecule has 3 heteroatoms. The van der Waals surface area contributed by atoms with Gasteiger partial charge in [0.05, 0.1) is 0 Å². The molecule has 0 N–H and O–H groups in total. The Kier molecular flexibility index (Phi) is 12.8. The van der Waals surface area contributed by atoms with Crippen LogP contribution in [-0.2, 0) is 13.1 Å². The molecule has 0 unspecified atom stereocenters. The second kappa shape index (κ2) is 17.8. The summed E-state index contributed by atoms with van der Waals surface area (Å²) in [4.78, 5) is 5.00. The van der Waals surface area contributed by atoms with E-state index in [-0.39, 0.29) is 7.43 Å². The smallest absolute Gasteiger partial charge is 0.182 e. The van der Waals surface area contributed by atoms with Crippen molar-refractivity contribution >= 4 is 40.0 Å². The highest BCUT2D eigenvalue weighted by molar-refractivity contribution is 7.29. The Morgan fingerprint density at radius 2 is 0.630 bits per heavy atom. The highest BCUT2D eigenvalue weighted by Crippen LogP contribution is 2.55. The molecule has 0 amide bonds. The largest absolute Gasteiger partial charge is 0.300 e. The molecule has 6 aromatic carbocycles. The van der Waals surface area contributed by atoms with E-state index in [1.807, 2.05) is 0 Å². The lowest BCUT2D eigenvalue weighted by Gasteiger charge is -2.36. The molecule has 0 spiro atoms. The zero-order valence-corrected chi connectivity index (χ0v) is 32.8. The number of benzene rings is 6. The van der Waals surface area contributed by atoms with Gasteiger partial charge in [-0.3, -0.25) is 9.80 Å². The van der Waals surface area contributed by atoms with Gasteiger partial charge in [-0.1, -0.05) is 205 Å². The summed E-state index contributed by atoms with van der Waals surface area (Å²) in [5.74, 6) is 0. The van der Waals surface area contributed by atoms with E-state index in [9.17, 15) is 0 Å². The Morgan fingerprint density at radius 1 is 0.352 bits per heavy atom. The van der Waals surface area contributed by atoms with Crippen LogP contribution in [0.2, 0.25) is 0 Å². The van der Waals surface area contributed by atoms with Crippen LogP contribution in [-0.4, -0.2) is 44.1 Å². The van der Waals surface area contributed by atoms with E-state index in [0.29, 0.717) is 0 Å². The van der Waals surface area contributed by atoms with Crippen LogP contribution in [0.15, 0.2) is 170 Å². The molecule has 1 aliphatic heterocycles. The maximum absolute atomic E-state index is 3.04. The zero-order valence-electron chi connectivity index (χ0n) is 31.8. The molecular weight excluding hydrogens is 669 g/mol. The van der Waals surface area contributed by atoms with Crippen LogP contribution >= 0.6 is 0 Å². The molecule has 1 aliphatic rings. The third-order valence-corrected chi connectivity index (χ3v) is 16.1. The first kappa shape index (κ1) is 38.7. The molecule has 0 fully saturated rings. The molecule has 6 aromatic rings. The van der Waals surface area contributed by atoms with E-state index in [2.05, 4.69) is 207 Å². The van der Waals surface area contributed by atoms with Gasteiger partial charge >= 0.3 is 0 Å². The summed E-state index contributed by atoms with van der Waals surface area (Å²) in [7, 11) is -3.04. The van der Waals surface area contributed by atoms with Crippen molar-refractivity contribution in [3.8, 4) is 0 Å². The molecule has 0 saturated carbocycles. The van der Waals surface area contributed by atoms with Gasteiger partial charge in [0, 0.05) is 13.1 Å². The molecule has 0 bridgehead atoms. The fraction of sp³-hybridized carbons (Fsp3) is 0.216. The predicted octanol–water partition coefficient (Wildman–Crippen LogP) is 10.9. The molecular formula is C51H56N2Si. The fourth-order valence-electron chi connectivity index (χ4n) is 8.34. The van der Waals surface area contributed by atoms with E-state index in [1.54, 1.807) is 0 Å². The van der Waals surface area contributed by atoms with Crippen LogP contribution in [0.5, 0.6) is 0 Å². The van der Waals surface area contributed by atoms with Gasteiger partial charge in [0.2, 0.25) is 0 Å². The Morgan fingerprint density at radius 3 is 0.907 bits per heavy atom. The van der Waals surface area contributed by atoms with Gasteiger partial charge in [0.25, 0.3) is 0 Å². The first-order valence-corrected chi connectivity index (χ1v) is 21.5. The van der Waals surface area contributed by atoms with Crippen LogP contribution in [0.3, 0.4) is 0 Å². The third kappa shape index (κ3) is 7.50. The molecule has 1 heterocycles. The number of hydrogen-bond acceptors (Lipinski definition) is 2. The standard InChI is InChI=1S/C50H52N2Si.CH4/c1-5-51(6-2)37-39-29-33-45(34-30-39)53(46-35-31-40(32-36-46)38-52(7-3)8-4)49(43-25-17-11-18-26-43)47(41-21-13-9-14-22-41)48(42-23-15-10-16-24-42)50(53)44-27-19-12-20-28-44;/h9-36H,5-8,37-38H2,1-4H3;1H4. The van der Waals surface area contributed by atoms with Gasteiger partial charge in [-0.2, -0.15) is 0 Å². The molecule has 0 saturated heterocycles. The molecule has 7 rings (SSSR count). The second-order valence-electron chi connectivity index (χ2n) is 14.0. The number of hydrogen-bond donors (Lipinski definition) is 0. The summed E-state index contributed by atoms with van der Waals surface area (Å²) in [5, 5.41) is 5.73. The van der Waals surface area contributed by atoms with Crippen LogP contribution in [0.25, 0.3) is 21.5 Å². The topological polar surface area (TPSA) is 6.48 Å². The van der Waals surface area contributed by atoms with Crippen molar-refractivity contribution in [2.75, 3.05) is 26.2 Å². The number of allylic oxidation sites excluding steroid dienone is 2. The van der Waals surface area contributed by atoms with E-state index in [1.165, 1.54) is 65.3 Å². The maximum Gasteiger partial charge on any atom is 0.182 e. The number of rotatable bonds is 14. The lowest BCUT2D eigenvalue weighted by molar-refractivity contribution is 0.296. The minimum atomic E-state index is -3.04. The minimum Gasteiger partial charge on any atom is -0.300 e. The fourth-order valence-corrected chi connectivity index (χ4v) is 13.9. The molecule has 274 valence electrons. The molecule has 0 radical (unpaired) electrons. The minimum absolute atomic E-state index is 0. The molecule has 2 nitrogen and oxygen atoms in total. The lowest BCUT2D eigenvalue weighted by atomic mass is 9.89. The van der Waals surface area contributed by atoms with Crippen LogP contribution in [0.4, 0.5) is 0 Å². The molecule has 0 atom stereocenters. The van der Waals surface area contributed by atoms with Gasteiger partial charge < -0.3 is 0 Å². The van der Waals surface area contributed by atoms with E-state index >= 15 is 0 Å². The van der Waals surface area contributed by atoms with Crippen molar-refractivity contribution in [2.24, 2.45) is 0 Å². The maximum atomic E-state index is 2.50. The zero-order chi connectivity index (χ0) is 36.6. The van der Waals surface area contributed by atoms with E-state index in [4.69, 9.17) is 0 Å². The van der Waals surface area contributed by atoms with Crippen molar-refractivity contribution in [1.82, 2.24) is 9.80 Å². The Bertz CT molecular complexity index is 1970. The molecule has 54 heavy (non-hydrogen) atoms. The van der Waals surface area contributed by atoms with Crippen LogP contribution in [0.1, 0.15) is 68.5 Å². The van der Waals surface area contributed by atoms with Crippen molar-refractivity contribution in [3.05, 3.63) is 203 Å². The van der Waals surface area contributed by atoms with Crippen molar-refractivity contribution < 1.29 is 0 Å². The summed E-state index contributed by atoms with van der Waals surface area (Å²) >= 11 is 0. The summed E-state index contributed by atoms with van der Waals surface area (Å²) < 4.78 is 0. The highest BCUT2D eigenvalue weighted by atomic mass is 28.3. The van der Waals surface area contributed by atoms with Crippen molar-refractivity contribution in [3.63, 3.8) is 0 Å². The Balaban J connectivity index is 0.00000497. The lowest BCUT2D eigenvalue weighted by Crippen LogP contribution is -2.59. The third-order valence-electron chi connectivity index (χ3n) is 11.1. The van der Waals surface area contributed by atoms with E-state index in [0.717, 1.165) is 39.3 Å². The highest BCUT2D eigenvalue weighted by Gasteiger charge is 2.53. The van der Waals surface area contributed by atoms with Crippen molar-refractivity contribution in [1.29, 1.82) is 0 Å². The van der Waals surface area contributed by atoms with Gasteiger partial charge in [0.15, 0.2) is 8.07 Å². The average Bonchev–Trinajstić information content (AvgIpc) is 3.56. The molecule has 0 aromatic heterocycles. The summed E-state index contributed by atoms with van der Waals surface area (Å²) in [6.45, 7) is 15.1. The predicted molar refractivity (Wildman–Crippen MR) is 237 cm³/mol. The van der Waals surface area contributed by atoms with E-state index < -0.39 is 8.07 Å². The summed E-state index contributed by atoms with van der Waals surface area (Å²) in [6, 6.07) is 64.4. The monoisotopic (exact) mass is 724 g/mol. The van der Waals surface area contributed by atoms with Gasteiger partial charge in [0.1, 0.15) is 0 Å². The van der Waals surface area contributed by atoms with Crippen LogP contribution in [0, 0.1) is 0 Å².